The number of phenols is 3. The Morgan fingerprint density at radius 3 is 1.88 bits per heavy atom. The molecule has 3 rings (SSSR count). The van der Waals surface area contributed by atoms with E-state index in [2.05, 4.69) is 4.99 Å². The Kier molecular flexibility index (Phi) is 4.70. The first-order valence-electron chi connectivity index (χ1n) is 7.95. The van der Waals surface area contributed by atoms with Gasteiger partial charge in [0.1, 0.15) is 23.3 Å². The molecular weight excluding hydrogens is 314 g/mol. The maximum absolute atomic E-state index is 10.2. The summed E-state index contributed by atoms with van der Waals surface area (Å²) >= 11 is 0. The second-order valence-corrected chi connectivity index (χ2v) is 5.86. The third-order valence-electron chi connectivity index (χ3n) is 4.01. The quantitative estimate of drug-likeness (QED) is 0.623. The van der Waals surface area contributed by atoms with E-state index in [-0.39, 0.29) is 17.2 Å². The lowest BCUT2D eigenvalue weighted by Gasteiger charge is -2.16. The molecule has 0 aromatic heterocycles. The number of rotatable bonds is 4. The number of aryl methyl sites for hydroxylation is 1. The fraction of sp³-hybridized carbons (Fsp3) is 0.0952. The van der Waals surface area contributed by atoms with Crippen LogP contribution in [0.1, 0.15) is 28.3 Å². The Labute approximate surface area is 146 Å². The number of para-hydroxylation sites is 2. The molecule has 0 aliphatic heterocycles. The Morgan fingerprint density at radius 1 is 0.760 bits per heavy atom. The SMILES string of the molecule is Cc1ccc(O)c(C=NC(c2ccccc2O)c2ccccc2O)c1. The Hall–Kier alpha value is -3.27. The Balaban J connectivity index is 2.09. The minimum atomic E-state index is -0.595. The van der Waals surface area contributed by atoms with Crippen molar-refractivity contribution in [3.63, 3.8) is 0 Å². The van der Waals surface area contributed by atoms with Crippen LogP contribution in [0.2, 0.25) is 0 Å². The molecule has 0 heterocycles. The molecule has 0 unspecified atom stereocenters. The highest BCUT2D eigenvalue weighted by atomic mass is 16.3. The zero-order chi connectivity index (χ0) is 17.8. The van der Waals surface area contributed by atoms with Gasteiger partial charge in [-0.1, -0.05) is 48.0 Å². The van der Waals surface area contributed by atoms with E-state index in [0.717, 1.165) is 5.56 Å². The first-order valence-corrected chi connectivity index (χ1v) is 7.95. The van der Waals surface area contributed by atoms with Crippen molar-refractivity contribution in [2.45, 2.75) is 13.0 Å². The molecule has 0 radical (unpaired) electrons. The highest BCUT2D eigenvalue weighted by Gasteiger charge is 2.19. The maximum Gasteiger partial charge on any atom is 0.124 e. The number of hydrogen-bond donors (Lipinski definition) is 3. The average molecular weight is 333 g/mol. The van der Waals surface area contributed by atoms with Crippen LogP contribution in [-0.4, -0.2) is 21.5 Å². The molecule has 0 aliphatic rings. The van der Waals surface area contributed by atoms with Crippen LogP contribution in [0, 0.1) is 6.92 Å². The predicted molar refractivity (Wildman–Crippen MR) is 98.5 cm³/mol. The van der Waals surface area contributed by atoms with E-state index >= 15 is 0 Å². The number of aliphatic imine (C=N–C) groups is 1. The molecule has 3 N–H and O–H groups in total. The van der Waals surface area contributed by atoms with Crippen molar-refractivity contribution >= 4 is 6.21 Å². The van der Waals surface area contributed by atoms with Gasteiger partial charge in [-0.25, -0.2) is 0 Å². The molecule has 0 saturated heterocycles. The van der Waals surface area contributed by atoms with Gasteiger partial charge in [0.2, 0.25) is 0 Å². The predicted octanol–water partition coefficient (Wildman–Crippen LogP) is 4.32. The zero-order valence-electron chi connectivity index (χ0n) is 13.8. The lowest BCUT2D eigenvalue weighted by atomic mass is 9.97. The van der Waals surface area contributed by atoms with Gasteiger partial charge >= 0.3 is 0 Å². The second-order valence-electron chi connectivity index (χ2n) is 5.86. The van der Waals surface area contributed by atoms with Crippen LogP contribution in [0.25, 0.3) is 0 Å². The topological polar surface area (TPSA) is 73.1 Å². The summed E-state index contributed by atoms with van der Waals surface area (Å²) in [6.45, 7) is 1.93. The van der Waals surface area contributed by atoms with Crippen LogP contribution >= 0.6 is 0 Å². The van der Waals surface area contributed by atoms with Crippen molar-refractivity contribution < 1.29 is 15.3 Å². The second kappa shape index (κ2) is 7.09. The van der Waals surface area contributed by atoms with E-state index < -0.39 is 6.04 Å². The molecular formula is C21H19NO3. The largest absolute Gasteiger partial charge is 0.508 e. The van der Waals surface area contributed by atoms with E-state index in [4.69, 9.17) is 0 Å². The molecule has 3 aromatic carbocycles. The summed E-state index contributed by atoms with van der Waals surface area (Å²) in [5.74, 6) is 0.324. The first-order chi connectivity index (χ1) is 12.1. The van der Waals surface area contributed by atoms with Crippen molar-refractivity contribution in [1.82, 2.24) is 0 Å². The van der Waals surface area contributed by atoms with Crippen LogP contribution in [0.5, 0.6) is 17.2 Å². The van der Waals surface area contributed by atoms with Gasteiger partial charge in [-0.2, -0.15) is 0 Å². The number of aromatic hydroxyl groups is 3. The van der Waals surface area contributed by atoms with Crippen molar-refractivity contribution in [2.75, 3.05) is 0 Å². The zero-order valence-corrected chi connectivity index (χ0v) is 13.8. The van der Waals surface area contributed by atoms with E-state index in [1.165, 1.54) is 0 Å². The fourth-order valence-corrected chi connectivity index (χ4v) is 2.70. The van der Waals surface area contributed by atoms with Gasteiger partial charge in [0.25, 0.3) is 0 Å². The van der Waals surface area contributed by atoms with Crippen LogP contribution in [0.3, 0.4) is 0 Å². The van der Waals surface area contributed by atoms with Gasteiger partial charge in [-0.3, -0.25) is 4.99 Å². The highest BCUT2D eigenvalue weighted by molar-refractivity contribution is 5.84. The lowest BCUT2D eigenvalue weighted by Crippen LogP contribution is -2.00. The van der Waals surface area contributed by atoms with Crippen LogP contribution in [-0.2, 0) is 0 Å². The Morgan fingerprint density at radius 2 is 1.32 bits per heavy atom. The van der Waals surface area contributed by atoms with Gasteiger partial charge in [0.15, 0.2) is 0 Å². The molecule has 25 heavy (non-hydrogen) atoms. The van der Waals surface area contributed by atoms with Gasteiger partial charge in [0, 0.05) is 22.9 Å². The van der Waals surface area contributed by atoms with Crippen molar-refractivity contribution in [1.29, 1.82) is 0 Å². The normalized spacial score (nSPS) is 11.3. The molecule has 0 bridgehead atoms. The summed E-state index contributed by atoms with van der Waals surface area (Å²) in [5, 5.41) is 30.5. The molecule has 0 fully saturated rings. The van der Waals surface area contributed by atoms with Gasteiger partial charge in [-0.05, 0) is 31.2 Å². The van der Waals surface area contributed by atoms with Crippen LogP contribution < -0.4 is 0 Å². The maximum atomic E-state index is 10.2. The Bertz CT molecular complexity index is 873. The minimum Gasteiger partial charge on any atom is -0.508 e. The van der Waals surface area contributed by atoms with Crippen molar-refractivity contribution in [3.05, 3.63) is 89.0 Å². The molecule has 4 heteroatoms. The van der Waals surface area contributed by atoms with Gasteiger partial charge < -0.3 is 15.3 Å². The van der Waals surface area contributed by atoms with Gasteiger partial charge in [0.05, 0.1) is 0 Å². The third-order valence-corrected chi connectivity index (χ3v) is 4.01. The van der Waals surface area contributed by atoms with E-state index in [1.807, 2.05) is 31.2 Å². The molecule has 0 spiro atoms. The molecule has 0 atom stereocenters. The minimum absolute atomic E-state index is 0.0985. The van der Waals surface area contributed by atoms with Crippen LogP contribution in [0.4, 0.5) is 0 Å². The summed E-state index contributed by atoms with van der Waals surface area (Å²) in [5.41, 5.74) is 2.73. The van der Waals surface area contributed by atoms with Gasteiger partial charge in [-0.15, -0.1) is 0 Å². The summed E-state index contributed by atoms with van der Waals surface area (Å²) in [6, 6.07) is 18.4. The molecule has 0 saturated carbocycles. The molecule has 0 amide bonds. The fourth-order valence-electron chi connectivity index (χ4n) is 2.70. The van der Waals surface area contributed by atoms with E-state index in [9.17, 15) is 15.3 Å². The average Bonchev–Trinajstić information content (AvgIpc) is 2.60. The molecule has 3 aromatic rings. The molecule has 126 valence electrons. The number of hydrogen-bond acceptors (Lipinski definition) is 4. The van der Waals surface area contributed by atoms with Crippen molar-refractivity contribution in [3.8, 4) is 17.2 Å². The summed E-state index contributed by atoms with van der Waals surface area (Å²) in [7, 11) is 0. The van der Waals surface area contributed by atoms with E-state index in [0.29, 0.717) is 16.7 Å². The number of nitrogens with zero attached hydrogens (tertiary/aromatic N) is 1. The third kappa shape index (κ3) is 3.63. The van der Waals surface area contributed by atoms with Crippen LogP contribution in [0.15, 0.2) is 71.7 Å². The highest BCUT2D eigenvalue weighted by Crippen LogP contribution is 2.36. The van der Waals surface area contributed by atoms with E-state index in [1.54, 1.807) is 48.7 Å². The standard InChI is InChI=1S/C21H19NO3/c1-14-10-11-18(23)15(12-14)13-22-21(16-6-2-4-8-19(16)24)17-7-3-5-9-20(17)25/h2-13,21,23-25H,1H3. The lowest BCUT2D eigenvalue weighted by molar-refractivity contribution is 0.455. The monoisotopic (exact) mass is 333 g/mol. The summed E-state index contributed by atoms with van der Waals surface area (Å²) in [4.78, 5) is 4.55. The molecule has 4 nitrogen and oxygen atoms in total. The number of phenolic OH excluding ortho intramolecular Hbond substituents is 3. The number of benzene rings is 3. The summed E-state index contributed by atoms with van der Waals surface area (Å²) < 4.78 is 0. The summed E-state index contributed by atoms with van der Waals surface area (Å²) in [6.07, 6.45) is 1.56. The molecule has 0 aliphatic carbocycles. The van der Waals surface area contributed by atoms with Crippen molar-refractivity contribution in [2.24, 2.45) is 4.99 Å². The first kappa shape index (κ1) is 16.6. The smallest absolute Gasteiger partial charge is 0.124 e.